The van der Waals surface area contributed by atoms with Crippen LogP contribution in [0.5, 0.6) is 0 Å². The summed E-state index contributed by atoms with van der Waals surface area (Å²) >= 11 is 0. The van der Waals surface area contributed by atoms with Crippen molar-refractivity contribution in [2.75, 3.05) is 4.72 Å². The number of rotatable bonds is 4. The van der Waals surface area contributed by atoms with Gasteiger partial charge in [-0.15, -0.1) is 0 Å². The van der Waals surface area contributed by atoms with Crippen molar-refractivity contribution >= 4 is 15.7 Å². The number of aryl methyl sites for hydroxylation is 3. The van der Waals surface area contributed by atoms with Gasteiger partial charge in [-0.25, -0.2) is 8.42 Å². The van der Waals surface area contributed by atoms with Gasteiger partial charge in [0.2, 0.25) is 0 Å². The monoisotopic (exact) mass is 294 g/mol. The Balaban J connectivity index is 2.43. The summed E-state index contributed by atoms with van der Waals surface area (Å²) in [6.45, 7) is 3.81. The van der Waals surface area contributed by atoms with Crippen LogP contribution in [0.15, 0.2) is 29.3 Å². The van der Waals surface area contributed by atoms with Gasteiger partial charge in [-0.05, 0) is 31.0 Å². The minimum absolute atomic E-state index is 0.240. The third-order valence-electron chi connectivity index (χ3n) is 3.04. The molecule has 1 aromatic carbocycles. The van der Waals surface area contributed by atoms with Crippen LogP contribution in [0, 0.1) is 13.8 Å². The van der Waals surface area contributed by atoms with Crippen LogP contribution in [0.25, 0.3) is 0 Å². The van der Waals surface area contributed by atoms with E-state index >= 15 is 0 Å². The van der Waals surface area contributed by atoms with E-state index in [4.69, 9.17) is 5.73 Å². The molecule has 0 amide bonds. The first-order valence-electron chi connectivity index (χ1n) is 6.16. The van der Waals surface area contributed by atoms with Crippen LogP contribution < -0.4 is 10.5 Å². The number of anilines is 1. The van der Waals surface area contributed by atoms with Crippen LogP contribution in [0.2, 0.25) is 0 Å². The molecule has 0 atom stereocenters. The maximum Gasteiger partial charge on any atom is 0.262 e. The maximum atomic E-state index is 12.5. The summed E-state index contributed by atoms with van der Waals surface area (Å²) in [6.07, 6.45) is 1.63. The average Bonchev–Trinajstić information content (AvgIpc) is 2.67. The molecule has 1 heterocycles. The molecule has 20 heavy (non-hydrogen) atoms. The first-order valence-corrected chi connectivity index (χ1v) is 7.64. The summed E-state index contributed by atoms with van der Waals surface area (Å²) in [5.41, 5.74) is 8.12. The van der Waals surface area contributed by atoms with Crippen molar-refractivity contribution in [2.45, 2.75) is 25.3 Å². The van der Waals surface area contributed by atoms with Crippen molar-refractivity contribution in [3.8, 4) is 0 Å². The summed E-state index contributed by atoms with van der Waals surface area (Å²) in [4.78, 5) is 0.240. The predicted molar refractivity (Wildman–Crippen MR) is 77.8 cm³/mol. The Bertz CT molecular complexity index is 735. The van der Waals surface area contributed by atoms with E-state index in [1.807, 2.05) is 6.07 Å². The zero-order chi connectivity index (χ0) is 14.9. The lowest BCUT2D eigenvalue weighted by molar-refractivity contribution is 0.600. The lowest BCUT2D eigenvalue weighted by Gasteiger charge is -2.11. The summed E-state index contributed by atoms with van der Waals surface area (Å²) in [7, 11) is -1.90. The number of benzene rings is 1. The average molecular weight is 294 g/mol. The second-order valence-corrected chi connectivity index (χ2v) is 6.36. The van der Waals surface area contributed by atoms with Gasteiger partial charge in [0, 0.05) is 19.8 Å². The van der Waals surface area contributed by atoms with E-state index in [1.54, 1.807) is 43.9 Å². The Morgan fingerprint density at radius 1 is 1.35 bits per heavy atom. The van der Waals surface area contributed by atoms with Gasteiger partial charge in [0.25, 0.3) is 10.0 Å². The summed E-state index contributed by atoms with van der Waals surface area (Å²) < 4.78 is 29.1. The molecule has 2 rings (SSSR count). The molecule has 0 aliphatic heterocycles. The van der Waals surface area contributed by atoms with Gasteiger partial charge < -0.3 is 5.73 Å². The first-order chi connectivity index (χ1) is 9.33. The number of nitrogens with one attached hydrogen (secondary N) is 1. The van der Waals surface area contributed by atoms with Gasteiger partial charge >= 0.3 is 0 Å². The molecule has 0 bridgehead atoms. The smallest absolute Gasteiger partial charge is 0.262 e. The summed E-state index contributed by atoms with van der Waals surface area (Å²) in [6, 6.07) is 5.18. The van der Waals surface area contributed by atoms with Gasteiger partial charge in [-0.2, -0.15) is 5.10 Å². The van der Waals surface area contributed by atoms with E-state index in [1.165, 1.54) is 0 Å². The molecule has 0 saturated heterocycles. The quantitative estimate of drug-likeness (QED) is 0.889. The van der Waals surface area contributed by atoms with Gasteiger partial charge in [0.05, 0.1) is 16.3 Å². The van der Waals surface area contributed by atoms with E-state index < -0.39 is 10.0 Å². The molecule has 0 fully saturated rings. The fraction of sp³-hybridized carbons (Fsp3) is 0.308. The molecule has 0 aliphatic rings. The van der Waals surface area contributed by atoms with Crippen LogP contribution in [0.1, 0.15) is 16.8 Å². The predicted octanol–water partition coefficient (Wildman–Crippen LogP) is 1.30. The van der Waals surface area contributed by atoms with Crippen molar-refractivity contribution in [3.63, 3.8) is 0 Å². The highest BCUT2D eigenvalue weighted by atomic mass is 32.2. The second-order valence-electron chi connectivity index (χ2n) is 4.71. The van der Waals surface area contributed by atoms with Crippen LogP contribution in [-0.2, 0) is 23.6 Å². The number of hydrogen-bond acceptors (Lipinski definition) is 4. The second kappa shape index (κ2) is 5.26. The first kappa shape index (κ1) is 14.5. The van der Waals surface area contributed by atoms with Crippen molar-refractivity contribution in [1.29, 1.82) is 0 Å². The van der Waals surface area contributed by atoms with Crippen LogP contribution in [-0.4, -0.2) is 18.2 Å². The minimum Gasteiger partial charge on any atom is -0.326 e. The third kappa shape index (κ3) is 2.83. The number of nitrogens with two attached hydrogens (primary N) is 1. The third-order valence-corrected chi connectivity index (χ3v) is 4.54. The Morgan fingerprint density at radius 2 is 2.05 bits per heavy atom. The maximum absolute atomic E-state index is 12.5. The molecule has 108 valence electrons. The highest BCUT2D eigenvalue weighted by Crippen LogP contribution is 2.22. The molecule has 0 aliphatic carbocycles. The molecule has 0 saturated carbocycles. The number of hydrogen-bond donors (Lipinski definition) is 2. The zero-order valence-corrected chi connectivity index (χ0v) is 12.5. The number of nitrogens with zero attached hydrogens (tertiary/aromatic N) is 2. The summed E-state index contributed by atoms with van der Waals surface area (Å²) in [5.74, 6) is 0. The molecule has 0 radical (unpaired) electrons. The molecular formula is C13H18N4O2S. The molecule has 0 unspecified atom stereocenters. The molecule has 3 N–H and O–H groups in total. The fourth-order valence-electron chi connectivity index (χ4n) is 1.96. The van der Waals surface area contributed by atoms with Crippen molar-refractivity contribution in [2.24, 2.45) is 12.8 Å². The van der Waals surface area contributed by atoms with Crippen molar-refractivity contribution in [3.05, 3.63) is 41.2 Å². The van der Waals surface area contributed by atoms with Crippen LogP contribution in [0.3, 0.4) is 0 Å². The SMILES string of the molecule is Cc1ccc(CN)cc1S(=O)(=O)Nc1cn(C)nc1C. The van der Waals surface area contributed by atoms with E-state index in [0.717, 1.165) is 5.56 Å². The van der Waals surface area contributed by atoms with Crippen LogP contribution >= 0.6 is 0 Å². The van der Waals surface area contributed by atoms with E-state index in [-0.39, 0.29) is 4.90 Å². The highest BCUT2D eigenvalue weighted by molar-refractivity contribution is 7.92. The van der Waals surface area contributed by atoms with Gasteiger partial charge in [0.1, 0.15) is 0 Å². The van der Waals surface area contributed by atoms with E-state index in [0.29, 0.717) is 23.5 Å². The number of sulfonamides is 1. The van der Waals surface area contributed by atoms with Crippen molar-refractivity contribution in [1.82, 2.24) is 9.78 Å². The highest BCUT2D eigenvalue weighted by Gasteiger charge is 2.19. The number of aromatic nitrogens is 2. The zero-order valence-electron chi connectivity index (χ0n) is 11.7. The lowest BCUT2D eigenvalue weighted by atomic mass is 10.1. The van der Waals surface area contributed by atoms with Crippen LogP contribution in [0.4, 0.5) is 5.69 Å². The largest absolute Gasteiger partial charge is 0.326 e. The Labute approximate surface area is 118 Å². The Hall–Kier alpha value is -1.86. The molecule has 1 aromatic heterocycles. The Morgan fingerprint density at radius 3 is 2.60 bits per heavy atom. The normalized spacial score (nSPS) is 11.6. The van der Waals surface area contributed by atoms with Gasteiger partial charge in [-0.3, -0.25) is 9.40 Å². The fourth-order valence-corrected chi connectivity index (χ4v) is 3.36. The molecule has 0 spiro atoms. The summed E-state index contributed by atoms with van der Waals surface area (Å²) in [5, 5.41) is 4.11. The van der Waals surface area contributed by atoms with E-state index in [2.05, 4.69) is 9.82 Å². The van der Waals surface area contributed by atoms with Gasteiger partial charge in [-0.1, -0.05) is 12.1 Å². The van der Waals surface area contributed by atoms with Crippen molar-refractivity contribution < 1.29 is 8.42 Å². The molecule has 6 nitrogen and oxygen atoms in total. The standard InChI is InChI=1S/C13H18N4O2S/c1-9-4-5-11(7-14)6-13(9)20(18,19)16-12-8-17(3)15-10(12)2/h4-6,8,16H,7,14H2,1-3H3. The Kier molecular flexibility index (Phi) is 3.82. The van der Waals surface area contributed by atoms with E-state index in [9.17, 15) is 8.42 Å². The molecule has 2 aromatic rings. The van der Waals surface area contributed by atoms with Gasteiger partial charge in [0.15, 0.2) is 0 Å². The minimum atomic E-state index is -3.64. The topological polar surface area (TPSA) is 90.0 Å². The lowest BCUT2D eigenvalue weighted by Crippen LogP contribution is -2.15. The molecule has 7 heteroatoms. The molecular weight excluding hydrogens is 276 g/mol.